The predicted octanol–water partition coefficient (Wildman–Crippen LogP) is 0.830. The van der Waals surface area contributed by atoms with Crippen LogP contribution in [-0.2, 0) is 11.3 Å². The normalized spacial score (nSPS) is 12.6. The van der Waals surface area contributed by atoms with Gasteiger partial charge in [-0.05, 0) is 27.2 Å². The van der Waals surface area contributed by atoms with Crippen molar-refractivity contribution in [2.75, 3.05) is 11.9 Å². The van der Waals surface area contributed by atoms with E-state index in [2.05, 4.69) is 4.98 Å². The molecule has 1 aromatic heterocycles. The summed E-state index contributed by atoms with van der Waals surface area (Å²) in [6.07, 6.45) is 1.64. The van der Waals surface area contributed by atoms with Crippen LogP contribution in [0.5, 0.6) is 0 Å². The average Bonchev–Trinajstić information content (AvgIpc) is 2.52. The minimum Gasteiger partial charge on any atom is -0.328 e. The number of carbonyl (C=O) groups excluding carboxylic acids is 1. The van der Waals surface area contributed by atoms with Gasteiger partial charge >= 0.3 is 0 Å². The van der Waals surface area contributed by atoms with Gasteiger partial charge < -0.3 is 10.3 Å². The molecule has 1 atom stereocenters. The zero-order chi connectivity index (χ0) is 12.3. The molecule has 0 aliphatic rings. The van der Waals surface area contributed by atoms with Crippen molar-refractivity contribution in [3.05, 3.63) is 11.4 Å². The third-order valence-electron chi connectivity index (χ3n) is 2.72. The van der Waals surface area contributed by atoms with Crippen LogP contribution in [0.1, 0.15) is 24.7 Å². The smallest absolute Gasteiger partial charge is 0.216 e. The number of hydrogen-bond acceptors (Lipinski definition) is 3. The number of hydrogen-bond donors (Lipinski definition) is 1. The van der Waals surface area contributed by atoms with E-state index in [0.29, 0.717) is 5.95 Å². The van der Waals surface area contributed by atoms with Crippen molar-refractivity contribution in [3.8, 4) is 0 Å². The maximum Gasteiger partial charge on any atom is 0.216 e. The molecule has 2 N–H and O–H groups in total. The van der Waals surface area contributed by atoms with Crippen LogP contribution in [0.2, 0.25) is 0 Å². The van der Waals surface area contributed by atoms with E-state index in [1.165, 1.54) is 4.90 Å². The highest BCUT2D eigenvalue weighted by Crippen LogP contribution is 2.17. The Morgan fingerprint density at radius 3 is 2.69 bits per heavy atom. The quantitative estimate of drug-likeness (QED) is 0.753. The fourth-order valence-electron chi connectivity index (χ4n) is 1.55. The number of aromatic nitrogens is 2. The van der Waals surface area contributed by atoms with Gasteiger partial charge in [-0.3, -0.25) is 9.69 Å². The lowest BCUT2D eigenvalue weighted by Crippen LogP contribution is -2.22. The molecule has 90 valence electrons. The van der Waals surface area contributed by atoms with Crippen molar-refractivity contribution in [2.24, 2.45) is 5.73 Å². The highest BCUT2D eigenvalue weighted by atomic mass is 16.1. The molecule has 0 saturated carbocycles. The van der Waals surface area contributed by atoms with Gasteiger partial charge in [0.05, 0.1) is 5.69 Å². The molecule has 0 aliphatic carbocycles. The van der Waals surface area contributed by atoms with Gasteiger partial charge in [-0.15, -0.1) is 0 Å². The average molecular weight is 224 g/mol. The molecule has 1 rings (SSSR count). The van der Waals surface area contributed by atoms with Crippen LogP contribution in [0, 0.1) is 13.8 Å². The first kappa shape index (κ1) is 12.7. The molecular weight excluding hydrogens is 204 g/mol. The van der Waals surface area contributed by atoms with Crippen molar-refractivity contribution >= 4 is 12.4 Å². The monoisotopic (exact) mass is 224 g/mol. The first-order valence-corrected chi connectivity index (χ1v) is 5.44. The number of rotatable bonds is 5. The third-order valence-corrected chi connectivity index (χ3v) is 2.72. The summed E-state index contributed by atoms with van der Waals surface area (Å²) in [6.45, 7) is 6.71. The molecular formula is C11H20N4O. The summed E-state index contributed by atoms with van der Waals surface area (Å²) in [5.74, 6) is 0.686. The van der Waals surface area contributed by atoms with E-state index in [0.717, 1.165) is 30.8 Å². The molecule has 1 heterocycles. The van der Waals surface area contributed by atoms with E-state index in [4.69, 9.17) is 5.73 Å². The summed E-state index contributed by atoms with van der Waals surface area (Å²) >= 11 is 0. The Morgan fingerprint density at radius 1 is 1.56 bits per heavy atom. The number of amides is 1. The lowest BCUT2D eigenvalue weighted by Gasteiger charge is -2.15. The molecule has 0 aliphatic heterocycles. The minimum atomic E-state index is 0.150. The first-order chi connectivity index (χ1) is 7.47. The van der Waals surface area contributed by atoms with Crippen molar-refractivity contribution in [3.63, 3.8) is 0 Å². The first-order valence-electron chi connectivity index (χ1n) is 5.44. The second-order valence-electron chi connectivity index (χ2n) is 4.22. The molecule has 1 aromatic rings. The zero-order valence-corrected chi connectivity index (χ0v) is 10.4. The highest BCUT2D eigenvalue weighted by Gasteiger charge is 2.14. The van der Waals surface area contributed by atoms with Gasteiger partial charge in [0.1, 0.15) is 0 Å². The molecule has 1 amide bonds. The molecule has 0 spiro atoms. The molecule has 0 bridgehead atoms. The minimum absolute atomic E-state index is 0.150. The van der Waals surface area contributed by atoms with Gasteiger partial charge in [0, 0.05) is 25.3 Å². The molecule has 16 heavy (non-hydrogen) atoms. The maximum absolute atomic E-state index is 10.8. The fourth-order valence-corrected chi connectivity index (χ4v) is 1.55. The van der Waals surface area contributed by atoms with E-state index < -0.39 is 0 Å². The zero-order valence-electron chi connectivity index (χ0n) is 10.4. The van der Waals surface area contributed by atoms with Crippen LogP contribution in [0.25, 0.3) is 0 Å². The van der Waals surface area contributed by atoms with Gasteiger partial charge in [0.2, 0.25) is 12.4 Å². The molecule has 0 saturated heterocycles. The van der Waals surface area contributed by atoms with Crippen LogP contribution in [0.4, 0.5) is 5.95 Å². The van der Waals surface area contributed by atoms with Crippen LogP contribution in [-0.4, -0.2) is 29.1 Å². The summed E-state index contributed by atoms with van der Waals surface area (Å²) < 4.78 is 2.03. The molecule has 0 aromatic carbocycles. The summed E-state index contributed by atoms with van der Waals surface area (Å²) in [5, 5.41) is 0. The summed E-state index contributed by atoms with van der Waals surface area (Å²) in [7, 11) is 1.70. The highest BCUT2D eigenvalue weighted by molar-refractivity contribution is 5.70. The second kappa shape index (κ2) is 5.12. The summed E-state index contributed by atoms with van der Waals surface area (Å²) in [5.41, 5.74) is 7.78. The Morgan fingerprint density at radius 2 is 2.19 bits per heavy atom. The number of nitrogens with two attached hydrogens (primary N) is 1. The van der Waals surface area contributed by atoms with Crippen LogP contribution in [0.15, 0.2) is 0 Å². The van der Waals surface area contributed by atoms with Gasteiger partial charge in [0.15, 0.2) is 0 Å². The van der Waals surface area contributed by atoms with Crippen LogP contribution >= 0.6 is 0 Å². The van der Waals surface area contributed by atoms with Crippen molar-refractivity contribution in [1.29, 1.82) is 0 Å². The van der Waals surface area contributed by atoms with Crippen LogP contribution < -0.4 is 10.6 Å². The number of aryl methyl sites for hydroxylation is 1. The summed E-state index contributed by atoms with van der Waals surface area (Å²) in [4.78, 5) is 16.6. The molecule has 0 fully saturated rings. The van der Waals surface area contributed by atoms with Crippen molar-refractivity contribution < 1.29 is 4.79 Å². The largest absolute Gasteiger partial charge is 0.328 e. The van der Waals surface area contributed by atoms with E-state index in [1.54, 1.807) is 7.05 Å². The SMILES string of the molecule is Cc1nc(N(C)C=O)n(CCC(C)N)c1C. The van der Waals surface area contributed by atoms with E-state index >= 15 is 0 Å². The third kappa shape index (κ3) is 2.61. The van der Waals surface area contributed by atoms with Crippen molar-refractivity contribution in [2.45, 2.75) is 39.8 Å². The number of nitrogens with zero attached hydrogens (tertiary/aromatic N) is 3. The Balaban J connectivity index is 2.99. The van der Waals surface area contributed by atoms with Crippen molar-refractivity contribution in [1.82, 2.24) is 9.55 Å². The van der Waals surface area contributed by atoms with Gasteiger partial charge in [-0.1, -0.05) is 0 Å². The fraction of sp³-hybridized carbons (Fsp3) is 0.636. The predicted molar refractivity (Wildman–Crippen MR) is 64.4 cm³/mol. The molecule has 0 radical (unpaired) electrons. The van der Waals surface area contributed by atoms with Gasteiger partial charge in [-0.25, -0.2) is 4.98 Å². The maximum atomic E-state index is 10.8. The standard InChI is InChI=1S/C11H20N4O/c1-8(12)5-6-15-10(3)9(2)13-11(15)14(4)7-16/h7-8H,5-6,12H2,1-4H3. The molecule has 5 heteroatoms. The summed E-state index contributed by atoms with van der Waals surface area (Å²) in [6, 6.07) is 0.150. The van der Waals surface area contributed by atoms with E-state index in [9.17, 15) is 4.79 Å². The second-order valence-corrected chi connectivity index (χ2v) is 4.22. The molecule has 5 nitrogen and oxygen atoms in total. The lowest BCUT2D eigenvalue weighted by atomic mass is 10.2. The van der Waals surface area contributed by atoms with Gasteiger partial charge in [0.25, 0.3) is 0 Å². The Hall–Kier alpha value is -1.36. The number of imidazole rings is 1. The number of anilines is 1. The topological polar surface area (TPSA) is 64.2 Å². The van der Waals surface area contributed by atoms with E-state index in [-0.39, 0.29) is 6.04 Å². The lowest BCUT2D eigenvalue weighted by molar-refractivity contribution is -0.107. The molecule has 1 unspecified atom stereocenters. The van der Waals surface area contributed by atoms with E-state index in [1.807, 2.05) is 25.3 Å². The van der Waals surface area contributed by atoms with Gasteiger partial charge in [-0.2, -0.15) is 0 Å². The Kier molecular flexibility index (Phi) is 4.06. The number of carbonyl (C=O) groups is 1. The van der Waals surface area contributed by atoms with Crippen LogP contribution in [0.3, 0.4) is 0 Å². The Bertz CT molecular complexity index is 370. The Labute approximate surface area is 96.3 Å².